The lowest BCUT2D eigenvalue weighted by atomic mass is 10.2. The summed E-state index contributed by atoms with van der Waals surface area (Å²) < 4.78 is 1.80. The van der Waals surface area contributed by atoms with Crippen molar-refractivity contribution in [1.82, 2.24) is 19.9 Å². The standard InChI is InChI=1S/C11H23N5/c1-4-10(2)15(3)7-5-11-9-16(8-6-12)14-13-11/h9-10H,4-8,12H2,1-3H3. The summed E-state index contributed by atoms with van der Waals surface area (Å²) in [6.07, 6.45) is 4.11. The first-order valence-corrected chi connectivity index (χ1v) is 5.96. The Morgan fingerprint density at radius 2 is 2.31 bits per heavy atom. The maximum Gasteiger partial charge on any atom is 0.0839 e. The molecule has 92 valence electrons. The minimum Gasteiger partial charge on any atom is -0.329 e. The summed E-state index contributed by atoms with van der Waals surface area (Å²) >= 11 is 0. The molecule has 0 spiro atoms. The van der Waals surface area contributed by atoms with Gasteiger partial charge in [0.2, 0.25) is 0 Å². The lowest BCUT2D eigenvalue weighted by molar-refractivity contribution is 0.254. The monoisotopic (exact) mass is 225 g/mol. The number of rotatable bonds is 7. The second kappa shape index (κ2) is 6.60. The van der Waals surface area contributed by atoms with Crippen LogP contribution in [0.2, 0.25) is 0 Å². The number of hydrogen-bond acceptors (Lipinski definition) is 4. The van der Waals surface area contributed by atoms with E-state index in [0.717, 1.165) is 25.2 Å². The third-order valence-corrected chi connectivity index (χ3v) is 3.01. The molecule has 5 nitrogen and oxygen atoms in total. The van der Waals surface area contributed by atoms with Gasteiger partial charge in [-0.3, -0.25) is 4.68 Å². The molecule has 16 heavy (non-hydrogen) atoms. The van der Waals surface area contributed by atoms with Gasteiger partial charge in [-0.15, -0.1) is 5.10 Å². The van der Waals surface area contributed by atoms with Crippen LogP contribution in [-0.4, -0.2) is 46.1 Å². The largest absolute Gasteiger partial charge is 0.329 e. The van der Waals surface area contributed by atoms with Crippen LogP contribution in [0.3, 0.4) is 0 Å². The van der Waals surface area contributed by atoms with Crippen molar-refractivity contribution in [3.05, 3.63) is 11.9 Å². The molecule has 0 radical (unpaired) electrons. The van der Waals surface area contributed by atoms with Gasteiger partial charge in [-0.05, 0) is 20.4 Å². The van der Waals surface area contributed by atoms with Crippen molar-refractivity contribution in [2.24, 2.45) is 5.73 Å². The first kappa shape index (κ1) is 13.1. The number of nitrogens with two attached hydrogens (primary N) is 1. The predicted octanol–water partition coefficient (Wildman–Crippen LogP) is 0.510. The number of likely N-dealkylation sites (N-methyl/N-ethyl adjacent to an activating group) is 1. The van der Waals surface area contributed by atoms with Crippen molar-refractivity contribution in [1.29, 1.82) is 0 Å². The maximum absolute atomic E-state index is 5.45. The van der Waals surface area contributed by atoms with E-state index in [-0.39, 0.29) is 0 Å². The van der Waals surface area contributed by atoms with Crippen LogP contribution in [0, 0.1) is 0 Å². The summed E-state index contributed by atoms with van der Waals surface area (Å²) in [6, 6.07) is 0.624. The van der Waals surface area contributed by atoms with Crippen molar-refractivity contribution in [2.45, 2.75) is 39.3 Å². The highest BCUT2D eigenvalue weighted by Gasteiger charge is 2.07. The van der Waals surface area contributed by atoms with E-state index in [4.69, 9.17) is 5.73 Å². The molecule has 0 aliphatic carbocycles. The quantitative estimate of drug-likeness (QED) is 0.734. The summed E-state index contributed by atoms with van der Waals surface area (Å²) in [5.74, 6) is 0. The molecule has 5 heteroatoms. The fourth-order valence-corrected chi connectivity index (χ4v) is 1.52. The Morgan fingerprint density at radius 1 is 1.56 bits per heavy atom. The van der Waals surface area contributed by atoms with E-state index in [1.807, 2.05) is 6.20 Å². The van der Waals surface area contributed by atoms with Gasteiger partial charge >= 0.3 is 0 Å². The lowest BCUT2D eigenvalue weighted by Gasteiger charge is -2.22. The van der Waals surface area contributed by atoms with Crippen LogP contribution in [0.4, 0.5) is 0 Å². The Balaban J connectivity index is 2.36. The van der Waals surface area contributed by atoms with Crippen molar-refractivity contribution in [2.75, 3.05) is 20.1 Å². The Hall–Kier alpha value is -0.940. The van der Waals surface area contributed by atoms with E-state index in [2.05, 4.69) is 36.1 Å². The first-order valence-electron chi connectivity index (χ1n) is 5.96. The molecule has 0 bridgehead atoms. The summed E-state index contributed by atoms with van der Waals surface area (Å²) in [5.41, 5.74) is 6.50. The Labute approximate surface area is 97.6 Å². The van der Waals surface area contributed by atoms with Crippen LogP contribution < -0.4 is 5.73 Å². The van der Waals surface area contributed by atoms with Crippen LogP contribution in [0.15, 0.2) is 6.20 Å². The molecule has 1 heterocycles. The molecule has 1 aromatic rings. The van der Waals surface area contributed by atoms with Crippen LogP contribution in [0.1, 0.15) is 26.0 Å². The SMILES string of the molecule is CCC(C)N(C)CCc1cn(CCN)nn1. The van der Waals surface area contributed by atoms with E-state index in [1.54, 1.807) is 4.68 Å². The van der Waals surface area contributed by atoms with Gasteiger partial charge in [0, 0.05) is 31.7 Å². The molecule has 1 rings (SSSR count). The average Bonchev–Trinajstić information content (AvgIpc) is 2.73. The molecule has 0 aliphatic heterocycles. The molecule has 0 aromatic carbocycles. The highest BCUT2D eigenvalue weighted by molar-refractivity contribution is 4.93. The van der Waals surface area contributed by atoms with Gasteiger partial charge in [0.25, 0.3) is 0 Å². The van der Waals surface area contributed by atoms with E-state index < -0.39 is 0 Å². The van der Waals surface area contributed by atoms with E-state index >= 15 is 0 Å². The molecule has 0 saturated heterocycles. The highest BCUT2D eigenvalue weighted by Crippen LogP contribution is 2.02. The molecular weight excluding hydrogens is 202 g/mol. The molecule has 0 amide bonds. The van der Waals surface area contributed by atoms with Crippen molar-refractivity contribution in [3.63, 3.8) is 0 Å². The van der Waals surface area contributed by atoms with Crippen molar-refractivity contribution in [3.8, 4) is 0 Å². The fraction of sp³-hybridized carbons (Fsp3) is 0.818. The molecule has 1 aromatic heterocycles. The van der Waals surface area contributed by atoms with Crippen molar-refractivity contribution >= 4 is 0 Å². The highest BCUT2D eigenvalue weighted by atomic mass is 15.4. The van der Waals surface area contributed by atoms with E-state index in [1.165, 1.54) is 6.42 Å². The Bertz CT molecular complexity index is 296. The third-order valence-electron chi connectivity index (χ3n) is 3.01. The fourth-order valence-electron chi connectivity index (χ4n) is 1.52. The zero-order chi connectivity index (χ0) is 12.0. The normalized spacial score (nSPS) is 13.3. The smallest absolute Gasteiger partial charge is 0.0839 e. The molecular formula is C11H23N5. The predicted molar refractivity (Wildman–Crippen MR) is 65.2 cm³/mol. The van der Waals surface area contributed by atoms with Gasteiger partial charge in [-0.25, -0.2) is 0 Å². The van der Waals surface area contributed by atoms with E-state index in [0.29, 0.717) is 12.6 Å². The van der Waals surface area contributed by atoms with Crippen LogP contribution in [-0.2, 0) is 13.0 Å². The summed E-state index contributed by atoms with van der Waals surface area (Å²) in [6.45, 7) is 6.82. The second-order valence-corrected chi connectivity index (χ2v) is 4.25. The molecule has 0 saturated carbocycles. The zero-order valence-electron chi connectivity index (χ0n) is 10.6. The lowest BCUT2D eigenvalue weighted by Crippen LogP contribution is -2.30. The number of nitrogens with zero attached hydrogens (tertiary/aromatic N) is 4. The summed E-state index contributed by atoms with van der Waals surface area (Å²) in [7, 11) is 2.15. The Morgan fingerprint density at radius 3 is 2.94 bits per heavy atom. The average molecular weight is 225 g/mol. The molecule has 1 unspecified atom stereocenters. The van der Waals surface area contributed by atoms with Gasteiger partial charge in [0.1, 0.15) is 0 Å². The molecule has 0 aliphatic rings. The Kier molecular flexibility index (Phi) is 5.42. The minimum atomic E-state index is 0.607. The molecule has 2 N–H and O–H groups in total. The maximum atomic E-state index is 5.45. The van der Waals surface area contributed by atoms with Gasteiger partial charge in [0.05, 0.1) is 12.2 Å². The van der Waals surface area contributed by atoms with Gasteiger partial charge in [-0.2, -0.15) is 0 Å². The first-order chi connectivity index (χ1) is 7.67. The summed E-state index contributed by atoms with van der Waals surface area (Å²) in [4.78, 5) is 2.35. The van der Waals surface area contributed by atoms with Gasteiger partial charge < -0.3 is 10.6 Å². The topological polar surface area (TPSA) is 60.0 Å². The van der Waals surface area contributed by atoms with Crippen LogP contribution in [0.5, 0.6) is 0 Å². The number of aromatic nitrogens is 3. The van der Waals surface area contributed by atoms with Crippen molar-refractivity contribution < 1.29 is 0 Å². The third kappa shape index (κ3) is 3.90. The molecule has 0 fully saturated rings. The minimum absolute atomic E-state index is 0.607. The second-order valence-electron chi connectivity index (χ2n) is 4.25. The zero-order valence-corrected chi connectivity index (χ0v) is 10.6. The van der Waals surface area contributed by atoms with Gasteiger partial charge in [0.15, 0.2) is 0 Å². The van der Waals surface area contributed by atoms with Gasteiger partial charge in [-0.1, -0.05) is 12.1 Å². The van der Waals surface area contributed by atoms with Crippen LogP contribution >= 0.6 is 0 Å². The van der Waals surface area contributed by atoms with Crippen LogP contribution in [0.25, 0.3) is 0 Å². The number of hydrogen-bond donors (Lipinski definition) is 1. The molecule has 1 atom stereocenters. The summed E-state index contributed by atoms with van der Waals surface area (Å²) in [5, 5.41) is 8.14. The van der Waals surface area contributed by atoms with E-state index in [9.17, 15) is 0 Å².